The van der Waals surface area contributed by atoms with E-state index in [4.69, 9.17) is 4.42 Å². The normalized spacial score (nSPS) is 10.7. The van der Waals surface area contributed by atoms with E-state index in [9.17, 15) is 9.59 Å². The molecule has 1 heterocycles. The summed E-state index contributed by atoms with van der Waals surface area (Å²) in [5.41, 5.74) is 4.72. The number of benzene rings is 4. The highest BCUT2D eigenvalue weighted by atomic mass is 16.4. The predicted molar refractivity (Wildman–Crippen MR) is 130 cm³/mol. The third kappa shape index (κ3) is 4.59. The van der Waals surface area contributed by atoms with Gasteiger partial charge in [0.05, 0.1) is 6.42 Å². The molecule has 0 amide bonds. The number of aromatic nitrogens is 2. The van der Waals surface area contributed by atoms with Crippen molar-refractivity contribution < 1.29 is 14.0 Å². The molecule has 164 valence electrons. The molecule has 0 saturated carbocycles. The summed E-state index contributed by atoms with van der Waals surface area (Å²) in [4.78, 5) is 24.8. The summed E-state index contributed by atoms with van der Waals surface area (Å²) >= 11 is 0. The second-order valence-electron chi connectivity index (χ2n) is 7.82. The lowest BCUT2D eigenvalue weighted by Gasteiger charge is -2.05. The quantitative estimate of drug-likeness (QED) is 0.211. The predicted octanol–water partition coefficient (Wildman–Crippen LogP) is 6.53. The van der Waals surface area contributed by atoms with E-state index in [0.29, 0.717) is 22.9 Å². The van der Waals surface area contributed by atoms with Gasteiger partial charge in [-0.25, -0.2) is 0 Å². The van der Waals surface area contributed by atoms with Gasteiger partial charge in [0.1, 0.15) is 0 Å². The Bertz CT molecular complexity index is 1420. The topological polar surface area (TPSA) is 73.1 Å². The summed E-state index contributed by atoms with van der Waals surface area (Å²) in [5.74, 6) is 0.559. The molecule has 0 spiro atoms. The fourth-order valence-corrected chi connectivity index (χ4v) is 3.67. The lowest BCUT2D eigenvalue weighted by molar-refractivity contribution is 0.0894. The molecular weight excluding hydrogens is 424 g/mol. The molecule has 5 nitrogen and oxygen atoms in total. The van der Waals surface area contributed by atoms with E-state index in [0.717, 1.165) is 22.3 Å². The third-order valence-electron chi connectivity index (χ3n) is 5.53. The fourth-order valence-electron chi connectivity index (χ4n) is 3.67. The van der Waals surface area contributed by atoms with Gasteiger partial charge in [0.25, 0.3) is 0 Å². The van der Waals surface area contributed by atoms with E-state index in [1.165, 1.54) is 0 Å². The van der Waals surface area contributed by atoms with Crippen molar-refractivity contribution in [1.29, 1.82) is 0 Å². The van der Waals surface area contributed by atoms with Crippen LogP contribution in [0.3, 0.4) is 0 Å². The first-order valence-corrected chi connectivity index (χ1v) is 10.9. The Morgan fingerprint density at radius 1 is 0.500 bits per heavy atom. The molecule has 5 aromatic rings. The minimum Gasteiger partial charge on any atom is -0.416 e. The average Bonchev–Trinajstić information content (AvgIpc) is 3.40. The van der Waals surface area contributed by atoms with Crippen molar-refractivity contribution >= 4 is 11.6 Å². The Morgan fingerprint density at radius 3 is 1.47 bits per heavy atom. The molecule has 5 heteroatoms. The smallest absolute Gasteiger partial charge is 0.248 e. The van der Waals surface area contributed by atoms with E-state index in [1.807, 2.05) is 72.8 Å². The van der Waals surface area contributed by atoms with Crippen molar-refractivity contribution in [3.63, 3.8) is 0 Å². The van der Waals surface area contributed by atoms with Crippen molar-refractivity contribution in [2.75, 3.05) is 0 Å². The van der Waals surface area contributed by atoms with Crippen LogP contribution in [0.1, 0.15) is 27.1 Å². The van der Waals surface area contributed by atoms with Gasteiger partial charge in [-0.15, -0.1) is 10.2 Å². The van der Waals surface area contributed by atoms with Gasteiger partial charge in [-0.1, -0.05) is 84.9 Å². The molecule has 1 aromatic heterocycles. The molecule has 0 fully saturated rings. The van der Waals surface area contributed by atoms with Gasteiger partial charge in [0.2, 0.25) is 11.8 Å². The van der Waals surface area contributed by atoms with Gasteiger partial charge in [-0.2, -0.15) is 0 Å². The van der Waals surface area contributed by atoms with Gasteiger partial charge >= 0.3 is 0 Å². The maximum absolute atomic E-state index is 12.5. The highest BCUT2D eigenvalue weighted by molar-refractivity contribution is 6.13. The van der Waals surface area contributed by atoms with E-state index >= 15 is 0 Å². The van der Waals surface area contributed by atoms with E-state index in [2.05, 4.69) is 10.2 Å². The zero-order valence-corrected chi connectivity index (χ0v) is 18.2. The number of Topliss-reactive ketones (excluding diaryl/α,β-unsaturated/α-hetero) is 2. The molecule has 4 aromatic carbocycles. The third-order valence-corrected chi connectivity index (χ3v) is 5.53. The molecular formula is C29H20N2O3. The van der Waals surface area contributed by atoms with Crippen LogP contribution in [0.4, 0.5) is 0 Å². The number of hydrogen-bond donors (Lipinski definition) is 0. The van der Waals surface area contributed by atoms with E-state index in [-0.39, 0.29) is 18.0 Å². The summed E-state index contributed by atoms with van der Waals surface area (Å²) in [6, 6.07) is 33.6. The first-order valence-electron chi connectivity index (χ1n) is 10.9. The number of nitrogens with zero attached hydrogens (tertiary/aromatic N) is 2. The van der Waals surface area contributed by atoms with Crippen molar-refractivity contribution in [3.8, 4) is 34.0 Å². The van der Waals surface area contributed by atoms with Crippen LogP contribution in [-0.2, 0) is 0 Å². The maximum atomic E-state index is 12.5. The van der Waals surface area contributed by atoms with E-state index in [1.54, 1.807) is 36.4 Å². The van der Waals surface area contributed by atoms with Crippen LogP contribution < -0.4 is 0 Å². The minimum absolute atomic E-state index is 0.146. The minimum atomic E-state index is -0.193. The number of carbonyl (C=O) groups excluding carboxylic acids is 2. The van der Waals surface area contributed by atoms with Crippen molar-refractivity contribution in [1.82, 2.24) is 10.2 Å². The molecule has 0 bridgehead atoms. The summed E-state index contributed by atoms with van der Waals surface area (Å²) in [7, 11) is 0. The second kappa shape index (κ2) is 9.46. The van der Waals surface area contributed by atoms with Crippen molar-refractivity contribution in [2.45, 2.75) is 6.42 Å². The molecule has 0 aliphatic rings. The molecule has 5 rings (SSSR count). The Kier molecular flexibility index (Phi) is 5.91. The monoisotopic (exact) mass is 444 g/mol. The number of rotatable bonds is 7. The second-order valence-corrected chi connectivity index (χ2v) is 7.82. The molecule has 0 radical (unpaired) electrons. The van der Waals surface area contributed by atoms with Crippen LogP contribution in [0, 0.1) is 0 Å². The van der Waals surface area contributed by atoms with Gasteiger partial charge in [0, 0.05) is 22.3 Å². The SMILES string of the molecule is O=C(CC(=O)c1ccc(-c2ccc(-c3nnc(-c4ccccc4)o3)cc2)cc1)c1ccccc1. The molecule has 0 atom stereocenters. The summed E-state index contributed by atoms with van der Waals surface area (Å²) in [6.07, 6.45) is -0.146. The number of carbonyl (C=O) groups is 2. The summed E-state index contributed by atoms with van der Waals surface area (Å²) in [5, 5.41) is 8.30. The molecule has 34 heavy (non-hydrogen) atoms. The van der Waals surface area contributed by atoms with Gasteiger partial charge in [0.15, 0.2) is 11.6 Å². The van der Waals surface area contributed by atoms with Crippen LogP contribution in [-0.4, -0.2) is 21.8 Å². The van der Waals surface area contributed by atoms with Crippen LogP contribution in [0.5, 0.6) is 0 Å². The van der Waals surface area contributed by atoms with Gasteiger partial charge in [-0.05, 0) is 35.4 Å². The first-order chi connectivity index (χ1) is 16.7. The Balaban J connectivity index is 1.27. The van der Waals surface area contributed by atoms with E-state index < -0.39 is 0 Å². The lowest BCUT2D eigenvalue weighted by Crippen LogP contribution is -2.08. The fraction of sp³-hybridized carbons (Fsp3) is 0.0345. The van der Waals surface area contributed by atoms with Gasteiger partial charge in [-0.3, -0.25) is 9.59 Å². The van der Waals surface area contributed by atoms with Gasteiger partial charge < -0.3 is 4.42 Å². The Hall–Kier alpha value is -4.64. The summed E-state index contributed by atoms with van der Waals surface area (Å²) in [6.45, 7) is 0. The molecule has 0 unspecified atom stereocenters. The molecule has 0 aliphatic heterocycles. The van der Waals surface area contributed by atoms with Crippen LogP contribution in [0.2, 0.25) is 0 Å². The largest absolute Gasteiger partial charge is 0.416 e. The zero-order chi connectivity index (χ0) is 23.3. The molecule has 0 N–H and O–H groups in total. The first kappa shape index (κ1) is 21.2. The molecule has 0 aliphatic carbocycles. The number of hydrogen-bond acceptors (Lipinski definition) is 5. The maximum Gasteiger partial charge on any atom is 0.248 e. The van der Waals surface area contributed by atoms with Crippen LogP contribution in [0.25, 0.3) is 34.0 Å². The van der Waals surface area contributed by atoms with Crippen LogP contribution >= 0.6 is 0 Å². The summed E-state index contributed by atoms with van der Waals surface area (Å²) < 4.78 is 5.82. The Morgan fingerprint density at radius 2 is 0.912 bits per heavy atom. The van der Waals surface area contributed by atoms with Crippen molar-refractivity contribution in [2.24, 2.45) is 0 Å². The highest BCUT2D eigenvalue weighted by Gasteiger charge is 2.14. The number of ketones is 2. The molecule has 0 saturated heterocycles. The van der Waals surface area contributed by atoms with Crippen LogP contribution in [0.15, 0.2) is 114 Å². The standard InChI is InChI=1S/C29H20N2O3/c32-26(22-7-3-1-4-8-22)19-27(33)23-15-11-20(12-16-23)21-13-17-25(18-14-21)29-31-30-28(34-29)24-9-5-2-6-10-24/h1-18H,19H2. The van der Waals surface area contributed by atoms with Crippen molar-refractivity contribution in [3.05, 3.63) is 120 Å². The highest BCUT2D eigenvalue weighted by Crippen LogP contribution is 2.27. The lowest BCUT2D eigenvalue weighted by atomic mass is 9.98. The zero-order valence-electron chi connectivity index (χ0n) is 18.2. The Labute approximate surface area is 196 Å². The average molecular weight is 444 g/mol.